The predicted molar refractivity (Wildman–Crippen MR) is 121 cm³/mol. The van der Waals surface area contributed by atoms with Crippen LogP contribution in [0.5, 0.6) is 0 Å². The predicted octanol–water partition coefficient (Wildman–Crippen LogP) is 4.65. The number of oxime groups is 1. The van der Waals surface area contributed by atoms with E-state index in [1.54, 1.807) is 12.1 Å². The van der Waals surface area contributed by atoms with Crippen LogP contribution >= 0.6 is 11.6 Å². The van der Waals surface area contributed by atoms with Gasteiger partial charge in [-0.3, -0.25) is 4.90 Å². The zero-order valence-electron chi connectivity index (χ0n) is 18.2. The summed E-state index contributed by atoms with van der Waals surface area (Å²) in [5, 5.41) is 15.4. The maximum Gasteiger partial charge on any atom is 0.145 e. The molecule has 1 N–H and O–H groups in total. The van der Waals surface area contributed by atoms with Crippen LogP contribution in [0.1, 0.15) is 38.3 Å². The number of aliphatic hydroxyl groups excluding tert-OH is 1. The van der Waals surface area contributed by atoms with Crippen LogP contribution in [-0.4, -0.2) is 53.2 Å². The van der Waals surface area contributed by atoms with Gasteiger partial charge in [-0.15, -0.1) is 0 Å². The van der Waals surface area contributed by atoms with Crippen molar-refractivity contribution in [1.29, 1.82) is 0 Å². The quantitative estimate of drug-likeness (QED) is 0.606. The smallest absolute Gasteiger partial charge is 0.145 e. The molecule has 0 radical (unpaired) electrons. The van der Waals surface area contributed by atoms with Gasteiger partial charge in [-0.25, -0.2) is 4.39 Å². The lowest BCUT2D eigenvalue weighted by atomic mass is 10.0. The van der Waals surface area contributed by atoms with E-state index in [2.05, 4.69) is 10.1 Å². The average molecular weight is 449 g/mol. The van der Waals surface area contributed by atoms with Crippen molar-refractivity contribution in [2.24, 2.45) is 5.16 Å². The van der Waals surface area contributed by atoms with Crippen LogP contribution in [0.3, 0.4) is 0 Å². The minimum atomic E-state index is -0.641. The second kappa shape index (κ2) is 10.6. The Kier molecular flexibility index (Phi) is 8.06. The molecule has 1 aliphatic heterocycles. The van der Waals surface area contributed by atoms with E-state index in [4.69, 9.17) is 21.2 Å². The van der Waals surface area contributed by atoms with Gasteiger partial charge in [0.05, 0.1) is 24.0 Å². The minimum absolute atomic E-state index is 0.157. The Balaban J connectivity index is 1.62. The third-order valence-corrected chi connectivity index (χ3v) is 5.08. The lowest BCUT2D eigenvalue weighted by Crippen LogP contribution is -2.40. The number of hydrogen-bond donors (Lipinski definition) is 1. The lowest BCUT2D eigenvalue weighted by Gasteiger charge is -2.28. The summed E-state index contributed by atoms with van der Waals surface area (Å²) in [7, 11) is 0. The highest BCUT2D eigenvalue weighted by Gasteiger charge is 2.26. The molecule has 2 aromatic rings. The molecule has 31 heavy (non-hydrogen) atoms. The lowest BCUT2D eigenvalue weighted by molar-refractivity contribution is -0.0600. The van der Waals surface area contributed by atoms with Gasteiger partial charge in [-0.2, -0.15) is 0 Å². The third-order valence-electron chi connectivity index (χ3n) is 4.85. The largest absolute Gasteiger partial charge is 0.390 e. The minimum Gasteiger partial charge on any atom is -0.390 e. The van der Waals surface area contributed by atoms with Crippen molar-refractivity contribution >= 4 is 17.3 Å². The van der Waals surface area contributed by atoms with Gasteiger partial charge < -0.3 is 14.7 Å². The van der Waals surface area contributed by atoms with Crippen molar-refractivity contribution in [3.05, 3.63) is 70.5 Å². The van der Waals surface area contributed by atoms with Gasteiger partial charge in [-0.1, -0.05) is 41.0 Å². The monoisotopic (exact) mass is 448 g/mol. The maximum atomic E-state index is 13.2. The second-order valence-electron chi connectivity index (χ2n) is 8.88. The number of rotatable bonds is 9. The molecular formula is C24H30ClFN2O3. The normalized spacial score (nSPS) is 17.5. The summed E-state index contributed by atoms with van der Waals surface area (Å²) in [6.45, 7) is 7.75. The Hall–Kier alpha value is -1.99. The van der Waals surface area contributed by atoms with E-state index in [0.717, 1.165) is 16.8 Å². The van der Waals surface area contributed by atoms with E-state index in [0.29, 0.717) is 31.1 Å². The van der Waals surface area contributed by atoms with Crippen LogP contribution in [0, 0.1) is 5.82 Å². The summed E-state index contributed by atoms with van der Waals surface area (Å²) in [4.78, 5) is 7.77. The van der Waals surface area contributed by atoms with Gasteiger partial charge in [0.25, 0.3) is 0 Å². The number of hydrogen-bond acceptors (Lipinski definition) is 5. The fourth-order valence-corrected chi connectivity index (χ4v) is 3.63. The zero-order chi connectivity index (χ0) is 22.4. The van der Waals surface area contributed by atoms with Crippen molar-refractivity contribution in [1.82, 2.24) is 4.90 Å². The Morgan fingerprint density at radius 2 is 2.00 bits per heavy atom. The second-order valence-corrected chi connectivity index (χ2v) is 9.31. The molecule has 1 heterocycles. The molecular weight excluding hydrogens is 419 g/mol. The molecule has 0 aromatic heterocycles. The molecule has 168 valence electrons. The van der Waals surface area contributed by atoms with Crippen LogP contribution < -0.4 is 0 Å². The highest BCUT2D eigenvalue weighted by molar-refractivity contribution is 6.30. The summed E-state index contributed by atoms with van der Waals surface area (Å²) in [6, 6.07) is 13.9. The molecule has 2 aromatic carbocycles. The molecule has 1 aliphatic rings. The number of nitrogens with zero attached hydrogens (tertiary/aromatic N) is 2. The van der Waals surface area contributed by atoms with Crippen LogP contribution in [0.2, 0.25) is 5.02 Å². The Morgan fingerprint density at radius 3 is 2.68 bits per heavy atom. The van der Waals surface area contributed by atoms with Crippen molar-refractivity contribution in [3.63, 3.8) is 0 Å². The van der Waals surface area contributed by atoms with Crippen LogP contribution in [0.15, 0.2) is 53.7 Å². The van der Waals surface area contributed by atoms with Crippen molar-refractivity contribution in [2.75, 3.05) is 19.7 Å². The van der Waals surface area contributed by atoms with Gasteiger partial charge in [0.2, 0.25) is 0 Å². The fraction of sp³-hybridized carbons (Fsp3) is 0.458. The number of benzene rings is 2. The Labute approximate surface area is 188 Å². The number of halogens is 2. The molecule has 0 amide bonds. The summed E-state index contributed by atoms with van der Waals surface area (Å²) < 4.78 is 18.9. The first-order valence-corrected chi connectivity index (χ1v) is 10.8. The molecule has 0 fully saturated rings. The first kappa shape index (κ1) is 23.7. The molecule has 5 nitrogen and oxygen atoms in total. The van der Waals surface area contributed by atoms with Crippen molar-refractivity contribution in [2.45, 2.75) is 51.5 Å². The SMILES string of the molecule is CC(C)(C)OC[C@@H](O)CN(Cc1cccc(Cl)c1)C[C@H]1CC(c2ccc(F)cc2)=NO1. The molecule has 0 saturated carbocycles. The van der Waals surface area contributed by atoms with Gasteiger partial charge >= 0.3 is 0 Å². The Morgan fingerprint density at radius 1 is 1.26 bits per heavy atom. The zero-order valence-corrected chi connectivity index (χ0v) is 19.0. The Bertz CT molecular complexity index is 883. The van der Waals surface area contributed by atoms with Gasteiger partial charge in [0, 0.05) is 31.1 Å². The van der Waals surface area contributed by atoms with Crippen molar-refractivity contribution < 1.29 is 19.1 Å². The van der Waals surface area contributed by atoms with E-state index in [1.165, 1.54) is 12.1 Å². The first-order chi connectivity index (χ1) is 14.7. The molecule has 7 heteroatoms. The molecule has 0 unspecified atom stereocenters. The van der Waals surface area contributed by atoms with Crippen LogP contribution in [0.4, 0.5) is 4.39 Å². The van der Waals surface area contributed by atoms with E-state index < -0.39 is 6.10 Å². The highest BCUT2D eigenvalue weighted by Crippen LogP contribution is 2.20. The molecule has 2 atom stereocenters. The molecule has 0 aliphatic carbocycles. The van der Waals surface area contributed by atoms with Crippen molar-refractivity contribution in [3.8, 4) is 0 Å². The first-order valence-electron chi connectivity index (χ1n) is 10.5. The average Bonchev–Trinajstić information content (AvgIpc) is 3.15. The van der Waals surface area contributed by atoms with Gasteiger partial charge in [-0.05, 0) is 56.2 Å². The topological polar surface area (TPSA) is 54.3 Å². The summed E-state index contributed by atoms with van der Waals surface area (Å²) in [6.07, 6.45) is -0.181. The molecule has 3 rings (SSSR count). The highest BCUT2D eigenvalue weighted by atomic mass is 35.5. The third kappa shape index (κ3) is 7.89. The molecule has 0 bridgehead atoms. The number of ether oxygens (including phenoxy) is 1. The summed E-state index contributed by atoms with van der Waals surface area (Å²) in [5.74, 6) is -0.279. The summed E-state index contributed by atoms with van der Waals surface area (Å²) >= 11 is 6.14. The number of aliphatic hydroxyl groups is 1. The van der Waals surface area contributed by atoms with E-state index in [1.807, 2.05) is 45.0 Å². The van der Waals surface area contributed by atoms with Gasteiger partial charge in [0.15, 0.2) is 0 Å². The maximum absolute atomic E-state index is 13.2. The van der Waals surface area contributed by atoms with E-state index in [-0.39, 0.29) is 24.1 Å². The fourth-order valence-electron chi connectivity index (χ4n) is 3.42. The summed E-state index contributed by atoms with van der Waals surface area (Å²) in [5.41, 5.74) is 2.38. The van der Waals surface area contributed by atoms with E-state index in [9.17, 15) is 9.50 Å². The van der Waals surface area contributed by atoms with Crippen LogP contribution in [-0.2, 0) is 16.1 Å². The molecule has 0 spiro atoms. The molecule has 0 saturated heterocycles. The van der Waals surface area contributed by atoms with Crippen LogP contribution in [0.25, 0.3) is 0 Å². The standard InChI is InChI=1S/C24H30ClFN2O3/c1-24(2,3)30-16-21(29)14-28(13-17-5-4-6-19(25)11-17)15-22-12-23(27-31-22)18-7-9-20(26)10-8-18/h4-11,21-22,29H,12-16H2,1-3H3/t21-,22+/m0/s1. The van der Waals surface area contributed by atoms with E-state index >= 15 is 0 Å². The van der Waals surface area contributed by atoms with Gasteiger partial charge in [0.1, 0.15) is 11.9 Å².